The van der Waals surface area contributed by atoms with Gasteiger partial charge in [0.1, 0.15) is 0 Å². The average molecular weight is 275 g/mol. The summed E-state index contributed by atoms with van der Waals surface area (Å²) in [6.07, 6.45) is 1.39. The number of benzene rings is 2. The van der Waals surface area contributed by atoms with Gasteiger partial charge in [-0.25, -0.2) is 0 Å². The number of ether oxygens (including phenoxy) is 1. The summed E-state index contributed by atoms with van der Waals surface area (Å²) >= 11 is 6.78. The predicted molar refractivity (Wildman–Crippen MR) is 80.8 cm³/mol. The van der Waals surface area contributed by atoms with Crippen molar-refractivity contribution in [1.82, 2.24) is 0 Å². The van der Waals surface area contributed by atoms with Gasteiger partial charge in [-0.3, -0.25) is 0 Å². The van der Waals surface area contributed by atoms with E-state index in [-0.39, 0.29) is 5.38 Å². The molecule has 1 fully saturated rings. The average Bonchev–Trinajstić information content (AvgIpc) is 2.85. The summed E-state index contributed by atoms with van der Waals surface area (Å²) in [6, 6.07) is 12.8. The van der Waals surface area contributed by atoms with Gasteiger partial charge in [0.25, 0.3) is 0 Å². The van der Waals surface area contributed by atoms with Gasteiger partial charge >= 0.3 is 0 Å². The van der Waals surface area contributed by atoms with E-state index in [2.05, 4.69) is 50.2 Å². The summed E-state index contributed by atoms with van der Waals surface area (Å²) in [5, 5.41) is 2.58. The Balaban J connectivity index is 2.06. The second-order valence-corrected chi connectivity index (χ2v) is 6.03. The normalized spacial score (nSPS) is 24.8. The third-order valence-electron chi connectivity index (χ3n) is 4.11. The number of halogens is 1. The summed E-state index contributed by atoms with van der Waals surface area (Å²) in [4.78, 5) is 0. The van der Waals surface area contributed by atoms with Crippen molar-refractivity contribution in [3.63, 3.8) is 0 Å². The third kappa shape index (κ3) is 2.37. The van der Waals surface area contributed by atoms with Gasteiger partial charge in [-0.1, -0.05) is 36.4 Å². The van der Waals surface area contributed by atoms with E-state index in [9.17, 15) is 0 Å². The largest absolute Gasteiger partial charge is 0.378 e. The Morgan fingerprint density at radius 1 is 1.21 bits per heavy atom. The molecule has 0 aliphatic carbocycles. The Labute approximate surface area is 119 Å². The predicted octanol–water partition coefficient (Wildman–Crippen LogP) is 4.85. The number of hydrogen-bond donors (Lipinski definition) is 0. The van der Waals surface area contributed by atoms with Crippen LogP contribution in [0.1, 0.15) is 29.8 Å². The van der Waals surface area contributed by atoms with Gasteiger partial charge in [-0.2, -0.15) is 0 Å². The quantitative estimate of drug-likeness (QED) is 0.711. The van der Waals surface area contributed by atoms with Gasteiger partial charge in [-0.05, 0) is 42.2 Å². The van der Waals surface area contributed by atoms with E-state index in [4.69, 9.17) is 16.3 Å². The molecular weight excluding hydrogens is 256 g/mol. The molecule has 3 rings (SSSR count). The first-order chi connectivity index (χ1) is 9.16. The summed E-state index contributed by atoms with van der Waals surface area (Å²) < 4.78 is 5.68. The maximum atomic E-state index is 6.78. The van der Waals surface area contributed by atoms with Crippen LogP contribution in [-0.2, 0) is 4.74 Å². The van der Waals surface area contributed by atoms with Gasteiger partial charge in [0.2, 0.25) is 0 Å². The van der Waals surface area contributed by atoms with Crippen LogP contribution >= 0.6 is 11.6 Å². The molecule has 0 aromatic heterocycles. The van der Waals surface area contributed by atoms with Crippen LogP contribution in [0.5, 0.6) is 0 Å². The first-order valence-corrected chi connectivity index (χ1v) is 7.34. The van der Waals surface area contributed by atoms with Crippen LogP contribution in [0, 0.1) is 12.8 Å². The molecule has 0 amide bonds. The Hall–Kier alpha value is -1.05. The second-order valence-electron chi connectivity index (χ2n) is 5.56. The van der Waals surface area contributed by atoms with E-state index in [0.717, 1.165) is 13.0 Å². The highest BCUT2D eigenvalue weighted by molar-refractivity contribution is 6.22. The minimum Gasteiger partial charge on any atom is -0.378 e. The number of rotatable bonds is 2. The van der Waals surface area contributed by atoms with Crippen molar-refractivity contribution in [2.75, 3.05) is 6.61 Å². The lowest BCUT2D eigenvalue weighted by Crippen LogP contribution is -2.10. The van der Waals surface area contributed by atoms with Crippen LogP contribution in [-0.4, -0.2) is 12.7 Å². The molecule has 1 nitrogen and oxygen atoms in total. The van der Waals surface area contributed by atoms with Crippen molar-refractivity contribution < 1.29 is 4.74 Å². The molecule has 0 radical (unpaired) electrons. The highest BCUT2D eigenvalue weighted by Gasteiger charge is 2.30. The Bertz CT molecular complexity index is 593. The fraction of sp³-hybridized carbons (Fsp3) is 0.412. The van der Waals surface area contributed by atoms with Crippen LogP contribution in [0.2, 0.25) is 0 Å². The van der Waals surface area contributed by atoms with Crippen LogP contribution in [0.4, 0.5) is 0 Å². The highest BCUT2D eigenvalue weighted by Crippen LogP contribution is 2.40. The lowest BCUT2D eigenvalue weighted by atomic mass is 9.90. The Morgan fingerprint density at radius 2 is 2.00 bits per heavy atom. The lowest BCUT2D eigenvalue weighted by molar-refractivity contribution is 0.120. The van der Waals surface area contributed by atoms with E-state index < -0.39 is 0 Å². The van der Waals surface area contributed by atoms with Gasteiger partial charge in [-0.15, -0.1) is 11.6 Å². The molecule has 0 saturated carbocycles. The smallest absolute Gasteiger partial charge is 0.0644 e. The number of alkyl halides is 1. The molecule has 3 atom stereocenters. The molecule has 1 aliphatic rings. The van der Waals surface area contributed by atoms with E-state index in [1.165, 1.54) is 21.9 Å². The van der Waals surface area contributed by atoms with Crippen molar-refractivity contribution in [3.8, 4) is 0 Å². The summed E-state index contributed by atoms with van der Waals surface area (Å²) in [5.74, 6) is 0.418. The lowest BCUT2D eigenvalue weighted by Gasteiger charge is -2.20. The number of fused-ring (bicyclic) bond motifs is 1. The molecule has 100 valence electrons. The first-order valence-electron chi connectivity index (χ1n) is 6.90. The fourth-order valence-electron chi connectivity index (χ4n) is 3.06. The zero-order valence-corrected chi connectivity index (χ0v) is 12.2. The topological polar surface area (TPSA) is 9.23 Å². The summed E-state index contributed by atoms with van der Waals surface area (Å²) in [6.45, 7) is 5.05. The molecule has 1 saturated heterocycles. The van der Waals surface area contributed by atoms with Gasteiger partial charge in [0, 0.05) is 5.92 Å². The molecule has 2 heteroatoms. The van der Waals surface area contributed by atoms with Crippen molar-refractivity contribution >= 4 is 22.4 Å². The van der Waals surface area contributed by atoms with Crippen LogP contribution < -0.4 is 0 Å². The zero-order valence-electron chi connectivity index (χ0n) is 11.4. The first kappa shape index (κ1) is 13.0. The SMILES string of the molecule is Cc1ccc2ccccc2c1C(Cl)C1COC(C)C1. The fourth-order valence-corrected chi connectivity index (χ4v) is 3.53. The molecule has 0 spiro atoms. The van der Waals surface area contributed by atoms with E-state index in [1.807, 2.05) is 0 Å². The van der Waals surface area contributed by atoms with E-state index >= 15 is 0 Å². The molecule has 2 aromatic rings. The van der Waals surface area contributed by atoms with Gasteiger partial charge in [0.15, 0.2) is 0 Å². The van der Waals surface area contributed by atoms with Crippen molar-refractivity contribution in [1.29, 1.82) is 0 Å². The van der Waals surface area contributed by atoms with Crippen LogP contribution in [0.3, 0.4) is 0 Å². The maximum Gasteiger partial charge on any atom is 0.0644 e. The molecule has 0 bridgehead atoms. The molecule has 1 heterocycles. The zero-order chi connectivity index (χ0) is 13.4. The Morgan fingerprint density at radius 3 is 2.74 bits per heavy atom. The summed E-state index contributed by atoms with van der Waals surface area (Å²) in [5.41, 5.74) is 2.56. The molecular formula is C17H19ClO. The van der Waals surface area contributed by atoms with E-state index in [1.54, 1.807) is 0 Å². The maximum absolute atomic E-state index is 6.78. The monoisotopic (exact) mass is 274 g/mol. The molecule has 3 unspecified atom stereocenters. The van der Waals surface area contributed by atoms with Gasteiger partial charge < -0.3 is 4.74 Å². The molecule has 1 aliphatic heterocycles. The minimum absolute atomic E-state index is 0.0380. The number of aryl methyl sites for hydroxylation is 1. The second kappa shape index (κ2) is 5.15. The van der Waals surface area contributed by atoms with Crippen molar-refractivity contribution in [2.45, 2.75) is 31.7 Å². The highest BCUT2D eigenvalue weighted by atomic mass is 35.5. The Kier molecular flexibility index (Phi) is 3.51. The number of hydrogen-bond acceptors (Lipinski definition) is 1. The molecule has 2 aromatic carbocycles. The molecule has 0 N–H and O–H groups in total. The standard InChI is InChI=1S/C17H19ClO/c1-11-7-8-13-5-3-4-6-15(13)16(11)17(18)14-9-12(2)19-10-14/h3-8,12,14,17H,9-10H2,1-2H3. The van der Waals surface area contributed by atoms with Crippen molar-refractivity contribution in [3.05, 3.63) is 47.5 Å². The third-order valence-corrected chi connectivity index (χ3v) is 4.68. The van der Waals surface area contributed by atoms with Crippen LogP contribution in [0.25, 0.3) is 10.8 Å². The van der Waals surface area contributed by atoms with Crippen molar-refractivity contribution in [2.24, 2.45) is 5.92 Å². The van der Waals surface area contributed by atoms with Gasteiger partial charge in [0.05, 0.1) is 18.1 Å². The van der Waals surface area contributed by atoms with Crippen LogP contribution in [0.15, 0.2) is 36.4 Å². The summed E-state index contributed by atoms with van der Waals surface area (Å²) in [7, 11) is 0. The minimum atomic E-state index is 0.0380. The molecule has 19 heavy (non-hydrogen) atoms. The van der Waals surface area contributed by atoms with E-state index in [0.29, 0.717) is 12.0 Å².